The zero-order valence-corrected chi connectivity index (χ0v) is 8.94. The summed E-state index contributed by atoms with van der Waals surface area (Å²) < 4.78 is 0. The van der Waals surface area contributed by atoms with E-state index >= 15 is 0 Å². The number of rotatable bonds is 2. The zero-order valence-electron chi connectivity index (χ0n) is 8.19. The second-order valence-electron chi connectivity index (χ2n) is 3.72. The van der Waals surface area contributed by atoms with Crippen molar-refractivity contribution in [2.75, 3.05) is 6.54 Å². The zero-order chi connectivity index (χ0) is 10.8. The van der Waals surface area contributed by atoms with E-state index in [1.165, 1.54) is 0 Å². The lowest BCUT2D eigenvalue weighted by Crippen LogP contribution is -2.25. The van der Waals surface area contributed by atoms with E-state index in [9.17, 15) is 9.90 Å². The van der Waals surface area contributed by atoms with Crippen LogP contribution in [0.5, 0.6) is 0 Å². The number of β-amino-alcohol motifs (C(OH)–C–C–N with tert-alkyl or cyclic N) is 1. The maximum absolute atomic E-state index is 11.4. The molecule has 1 aromatic rings. The minimum Gasteiger partial charge on any atom is -0.391 e. The van der Waals surface area contributed by atoms with Crippen molar-refractivity contribution in [2.45, 2.75) is 19.1 Å². The minimum absolute atomic E-state index is 0.0116. The van der Waals surface area contributed by atoms with Crippen LogP contribution < -0.4 is 0 Å². The van der Waals surface area contributed by atoms with Gasteiger partial charge in [0.15, 0.2) is 0 Å². The van der Waals surface area contributed by atoms with Crippen molar-refractivity contribution < 1.29 is 9.90 Å². The highest BCUT2D eigenvalue weighted by Gasteiger charge is 2.27. The molecular weight excluding hydrogens is 214 g/mol. The highest BCUT2D eigenvalue weighted by Crippen LogP contribution is 2.20. The standard InChI is InChI=1S/C11H12ClNO2/c12-10-4-2-1-3-8(10)6-13-7-9(14)5-11(13)15/h1-4,9,14H,5-7H2. The van der Waals surface area contributed by atoms with Gasteiger partial charge in [0.05, 0.1) is 12.5 Å². The first-order chi connectivity index (χ1) is 7.16. The molecule has 0 radical (unpaired) electrons. The highest BCUT2D eigenvalue weighted by atomic mass is 35.5. The third-order valence-corrected chi connectivity index (χ3v) is 2.88. The van der Waals surface area contributed by atoms with Crippen LogP contribution in [0.1, 0.15) is 12.0 Å². The van der Waals surface area contributed by atoms with Crippen LogP contribution in [0.25, 0.3) is 0 Å². The molecular formula is C11H12ClNO2. The first-order valence-electron chi connectivity index (χ1n) is 4.86. The quantitative estimate of drug-likeness (QED) is 0.828. The lowest BCUT2D eigenvalue weighted by atomic mass is 10.2. The van der Waals surface area contributed by atoms with Gasteiger partial charge in [0.2, 0.25) is 5.91 Å². The van der Waals surface area contributed by atoms with Crippen LogP contribution >= 0.6 is 11.6 Å². The molecule has 0 spiro atoms. The van der Waals surface area contributed by atoms with Crippen LogP contribution in [0.2, 0.25) is 5.02 Å². The summed E-state index contributed by atoms with van der Waals surface area (Å²) in [4.78, 5) is 13.1. The Hall–Kier alpha value is -1.06. The smallest absolute Gasteiger partial charge is 0.225 e. The van der Waals surface area contributed by atoms with Crippen molar-refractivity contribution in [2.24, 2.45) is 0 Å². The largest absolute Gasteiger partial charge is 0.391 e. The van der Waals surface area contributed by atoms with E-state index in [2.05, 4.69) is 0 Å². The van der Waals surface area contributed by atoms with Gasteiger partial charge in [0.1, 0.15) is 0 Å². The van der Waals surface area contributed by atoms with Crippen LogP contribution in [-0.2, 0) is 11.3 Å². The fourth-order valence-electron chi connectivity index (χ4n) is 1.74. The number of halogens is 1. The summed E-state index contributed by atoms with van der Waals surface area (Å²) in [6.45, 7) is 0.889. The van der Waals surface area contributed by atoms with Crippen molar-refractivity contribution in [3.63, 3.8) is 0 Å². The van der Waals surface area contributed by atoms with Gasteiger partial charge >= 0.3 is 0 Å². The van der Waals surface area contributed by atoms with E-state index in [0.29, 0.717) is 18.1 Å². The van der Waals surface area contributed by atoms with Gasteiger partial charge in [-0.25, -0.2) is 0 Å². The summed E-state index contributed by atoms with van der Waals surface area (Å²) >= 11 is 5.99. The topological polar surface area (TPSA) is 40.5 Å². The molecule has 1 atom stereocenters. The van der Waals surface area contributed by atoms with E-state index in [-0.39, 0.29) is 12.3 Å². The van der Waals surface area contributed by atoms with Gasteiger partial charge in [0.25, 0.3) is 0 Å². The van der Waals surface area contributed by atoms with Crippen molar-refractivity contribution in [3.8, 4) is 0 Å². The van der Waals surface area contributed by atoms with E-state index in [1.807, 2.05) is 18.2 Å². The monoisotopic (exact) mass is 225 g/mol. The molecule has 4 heteroatoms. The number of benzene rings is 1. The second kappa shape index (κ2) is 4.21. The molecule has 1 amide bonds. The first kappa shape index (κ1) is 10.5. The normalized spacial score (nSPS) is 21.1. The van der Waals surface area contributed by atoms with E-state index in [4.69, 9.17) is 11.6 Å². The number of hydrogen-bond donors (Lipinski definition) is 1. The number of carbonyl (C=O) groups excluding carboxylic acids is 1. The summed E-state index contributed by atoms with van der Waals surface area (Å²) in [5, 5.41) is 9.98. The van der Waals surface area contributed by atoms with Gasteiger partial charge in [0, 0.05) is 18.1 Å². The van der Waals surface area contributed by atoms with Gasteiger partial charge in [-0.2, -0.15) is 0 Å². The molecule has 0 saturated carbocycles. The number of aliphatic hydroxyl groups excluding tert-OH is 1. The van der Waals surface area contributed by atoms with E-state index < -0.39 is 6.10 Å². The van der Waals surface area contributed by atoms with Crippen LogP contribution in [-0.4, -0.2) is 28.6 Å². The average Bonchev–Trinajstić information content (AvgIpc) is 2.49. The third-order valence-electron chi connectivity index (χ3n) is 2.51. The molecule has 1 aromatic carbocycles. The number of aliphatic hydroxyl groups is 1. The molecule has 3 nitrogen and oxygen atoms in total. The fraction of sp³-hybridized carbons (Fsp3) is 0.364. The fourth-order valence-corrected chi connectivity index (χ4v) is 1.93. The van der Waals surface area contributed by atoms with Crippen molar-refractivity contribution >= 4 is 17.5 Å². The molecule has 1 N–H and O–H groups in total. The van der Waals surface area contributed by atoms with E-state index in [0.717, 1.165) is 5.56 Å². The molecule has 0 aliphatic carbocycles. The highest BCUT2D eigenvalue weighted by molar-refractivity contribution is 6.31. The number of likely N-dealkylation sites (tertiary alicyclic amines) is 1. The van der Waals surface area contributed by atoms with Crippen LogP contribution in [0.3, 0.4) is 0 Å². The molecule has 0 aromatic heterocycles. The molecule has 80 valence electrons. The first-order valence-corrected chi connectivity index (χ1v) is 5.24. The van der Waals surface area contributed by atoms with Gasteiger partial charge < -0.3 is 10.0 Å². The van der Waals surface area contributed by atoms with Crippen molar-refractivity contribution in [3.05, 3.63) is 34.9 Å². The van der Waals surface area contributed by atoms with E-state index in [1.54, 1.807) is 11.0 Å². The van der Waals surface area contributed by atoms with Gasteiger partial charge in [-0.3, -0.25) is 4.79 Å². The Kier molecular flexibility index (Phi) is 2.93. The molecule has 1 aliphatic rings. The maximum Gasteiger partial charge on any atom is 0.225 e. The van der Waals surface area contributed by atoms with Crippen LogP contribution in [0.4, 0.5) is 0 Å². The summed E-state index contributed by atoms with van der Waals surface area (Å²) in [6.07, 6.45) is -0.301. The molecule has 15 heavy (non-hydrogen) atoms. The van der Waals surface area contributed by atoms with Crippen molar-refractivity contribution in [1.82, 2.24) is 4.90 Å². The molecule has 0 bridgehead atoms. The molecule has 1 saturated heterocycles. The Morgan fingerprint density at radius 1 is 1.47 bits per heavy atom. The maximum atomic E-state index is 11.4. The third kappa shape index (κ3) is 2.30. The molecule has 1 aliphatic heterocycles. The van der Waals surface area contributed by atoms with Gasteiger partial charge in [-0.1, -0.05) is 29.8 Å². The van der Waals surface area contributed by atoms with Gasteiger partial charge in [-0.05, 0) is 11.6 Å². The number of amides is 1. The summed E-state index contributed by atoms with van der Waals surface area (Å²) in [5.41, 5.74) is 0.918. The SMILES string of the molecule is O=C1CC(O)CN1Cc1ccccc1Cl. The van der Waals surface area contributed by atoms with Crippen LogP contribution in [0.15, 0.2) is 24.3 Å². The Morgan fingerprint density at radius 3 is 2.80 bits per heavy atom. The number of carbonyl (C=O) groups is 1. The predicted molar refractivity (Wildman–Crippen MR) is 57.5 cm³/mol. The number of hydrogen-bond acceptors (Lipinski definition) is 2. The molecule has 1 heterocycles. The summed E-state index contributed by atoms with van der Waals surface area (Å²) in [5.74, 6) is -0.0116. The Morgan fingerprint density at radius 2 is 2.20 bits per heavy atom. The van der Waals surface area contributed by atoms with Crippen molar-refractivity contribution in [1.29, 1.82) is 0 Å². The lowest BCUT2D eigenvalue weighted by Gasteiger charge is -2.16. The predicted octanol–water partition coefficient (Wildman–Crippen LogP) is 1.43. The lowest BCUT2D eigenvalue weighted by molar-refractivity contribution is -0.128. The number of nitrogens with zero attached hydrogens (tertiary/aromatic N) is 1. The Balaban J connectivity index is 2.09. The van der Waals surface area contributed by atoms with Gasteiger partial charge in [-0.15, -0.1) is 0 Å². The molecule has 1 fully saturated rings. The summed E-state index contributed by atoms with van der Waals surface area (Å²) in [6, 6.07) is 7.43. The second-order valence-corrected chi connectivity index (χ2v) is 4.13. The minimum atomic E-state index is -0.528. The molecule has 1 unspecified atom stereocenters. The Labute approximate surface area is 93.3 Å². The molecule has 2 rings (SSSR count). The Bertz CT molecular complexity index is 381. The van der Waals surface area contributed by atoms with Crippen LogP contribution in [0, 0.1) is 0 Å². The average molecular weight is 226 g/mol. The summed E-state index contributed by atoms with van der Waals surface area (Å²) in [7, 11) is 0.